The van der Waals surface area contributed by atoms with Gasteiger partial charge in [0, 0.05) is 28.7 Å². The first kappa shape index (κ1) is 17.1. The van der Waals surface area contributed by atoms with Gasteiger partial charge in [0.25, 0.3) is 5.91 Å². The minimum absolute atomic E-state index is 0.291. The van der Waals surface area contributed by atoms with Crippen LogP contribution in [0.15, 0.2) is 60.9 Å². The van der Waals surface area contributed by atoms with Crippen molar-refractivity contribution >= 4 is 35.0 Å². The van der Waals surface area contributed by atoms with Gasteiger partial charge in [-0.05, 0) is 48.5 Å². The van der Waals surface area contributed by atoms with Gasteiger partial charge in [-0.3, -0.25) is 9.69 Å². The summed E-state index contributed by atoms with van der Waals surface area (Å²) in [5, 5.41) is 7.56. The van der Waals surface area contributed by atoms with E-state index in [1.807, 2.05) is 0 Å². The number of carbonyl (C=O) groups excluding carboxylic acids is 2. The average molecular weight is 383 g/mol. The smallest absolute Gasteiger partial charge is 0.414 e. The molecule has 0 bridgehead atoms. The van der Waals surface area contributed by atoms with Crippen molar-refractivity contribution in [1.82, 2.24) is 9.78 Å². The standard InChI is InChI=1S/C19H15ClN4O3/c20-14-4-7-17(24-9-1-8-21-24)16(12-14)22-18(25)13-2-5-15(6-3-13)23-10-11-27-19(23)26/h1-9,12H,10-11H2,(H,22,25). The van der Waals surface area contributed by atoms with Gasteiger partial charge in [0.2, 0.25) is 0 Å². The van der Waals surface area contributed by atoms with E-state index >= 15 is 0 Å². The van der Waals surface area contributed by atoms with Crippen molar-refractivity contribution in [3.8, 4) is 5.69 Å². The van der Waals surface area contributed by atoms with Crippen molar-refractivity contribution in [3.05, 3.63) is 71.5 Å². The number of cyclic esters (lactones) is 1. The van der Waals surface area contributed by atoms with Gasteiger partial charge < -0.3 is 10.1 Å². The number of nitrogens with zero attached hydrogens (tertiary/aromatic N) is 3. The molecule has 1 saturated heterocycles. The third-order valence-electron chi connectivity index (χ3n) is 4.16. The number of rotatable bonds is 4. The van der Waals surface area contributed by atoms with Crippen LogP contribution in [-0.2, 0) is 4.74 Å². The van der Waals surface area contributed by atoms with Crippen LogP contribution in [0.2, 0.25) is 5.02 Å². The maximum Gasteiger partial charge on any atom is 0.414 e. The first-order valence-electron chi connectivity index (χ1n) is 8.27. The Kier molecular flexibility index (Phi) is 4.52. The summed E-state index contributed by atoms with van der Waals surface area (Å²) >= 11 is 6.08. The number of ether oxygens (including phenoxy) is 1. The molecule has 3 aromatic rings. The first-order valence-corrected chi connectivity index (χ1v) is 8.65. The van der Waals surface area contributed by atoms with Gasteiger partial charge in [-0.25, -0.2) is 9.48 Å². The van der Waals surface area contributed by atoms with Crippen LogP contribution in [-0.4, -0.2) is 34.9 Å². The fourth-order valence-corrected chi connectivity index (χ4v) is 3.01. The Bertz CT molecular complexity index is 987. The first-order chi connectivity index (χ1) is 13.1. The highest BCUT2D eigenvalue weighted by atomic mass is 35.5. The highest BCUT2D eigenvalue weighted by molar-refractivity contribution is 6.31. The molecule has 1 aliphatic rings. The molecule has 7 nitrogen and oxygen atoms in total. The second kappa shape index (κ2) is 7.13. The Labute approximate surface area is 160 Å². The number of halogens is 1. The van der Waals surface area contributed by atoms with Crippen LogP contribution in [0.1, 0.15) is 10.4 Å². The quantitative estimate of drug-likeness (QED) is 0.745. The zero-order valence-electron chi connectivity index (χ0n) is 14.1. The molecular formula is C19H15ClN4O3. The van der Waals surface area contributed by atoms with Crippen LogP contribution in [0.5, 0.6) is 0 Å². The Morgan fingerprint density at radius 1 is 1.19 bits per heavy atom. The second-order valence-corrected chi connectivity index (χ2v) is 6.32. The molecule has 136 valence electrons. The molecule has 0 unspecified atom stereocenters. The lowest BCUT2D eigenvalue weighted by Crippen LogP contribution is -2.23. The summed E-state index contributed by atoms with van der Waals surface area (Å²) in [6.45, 7) is 0.867. The number of anilines is 2. The Morgan fingerprint density at radius 2 is 2.00 bits per heavy atom. The zero-order valence-corrected chi connectivity index (χ0v) is 14.9. The molecule has 0 atom stereocenters. The Hall–Kier alpha value is -3.32. The van der Waals surface area contributed by atoms with Gasteiger partial charge in [0.15, 0.2) is 0 Å². The largest absolute Gasteiger partial charge is 0.447 e. The van der Waals surface area contributed by atoms with E-state index < -0.39 is 0 Å². The molecule has 2 aromatic carbocycles. The van der Waals surface area contributed by atoms with E-state index in [1.165, 1.54) is 4.90 Å². The van der Waals surface area contributed by atoms with E-state index in [2.05, 4.69) is 10.4 Å². The van der Waals surface area contributed by atoms with Crippen LogP contribution >= 0.6 is 11.6 Å². The maximum atomic E-state index is 12.7. The molecule has 0 radical (unpaired) electrons. The lowest BCUT2D eigenvalue weighted by Gasteiger charge is -2.14. The average Bonchev–Trinajstić information content (AvgIpc) is 3.34. The van der Waals surface area contributed by atoms with Gasteiger partial charge in [-0.2, -0.15) is 5.10 Å². The van der Waals surface area contributed by atoms with Crippen molar-refractivity contribution in [2.75, 3.05) is 23.4 Å². The van der Waals surface area contributed by atoms with Gasteiger partial charge in [0.05, 0.1) is 17.9 Å². The molecule has 1 aromatic heterocycles. The number of benzene rings is 2. The van der Waals surface area contributed by atoms with Crippen molar-refractivity contribution in [3.63, 3.8) is 0 Å². The summed E-state index contributed by atoms with van der Waals surface area (Å²) in [5.41, 5.74) is 2.39. The van der Waals surface area contributed by atoms with Crippen LogP contribution in [0, 0.1) is 0 Å². The van der Waals surface area contributed by atoms with Gasteiger partial charge in [-0.15, -0.1) is 0 Å². The summed E-state index contributed by atoms with van der Waals surface area (Å²) in [6.07, 6.45) is 3.06. The number of amides is 2. The van der Waals surface area contributed by atoms with Gasteiger partial charge >= 0.3 is 6.09 Å². The maximum absolute atomic E-state index is 12.7. The topological polar surface area (TPSA) is 76.5 Å². The van der Waals surface area contributed by atoms with Crippen LogP contribution in [0.4, 0.5) is 16.2 Å². The monoisotopic (exact) mass is 382 g/mol. The van der Waals surface area contributed by atoms with Crippen LogP contribution in [0.3, 0.4) is 0 Å². The molecule has 27 heavy (non-hydrogen) atoms. The molecule has 0 aliphatic carbocycles. The highest BCUT2D eigenvalue weighted by Gasteiger charge is 2.23. The van der Waals surface area contributed by atoms with Crippen molar-refractivity contribution < 1.29 is 14.3 Å². The van der Waals surface area contributed by atoms with Crippen LogP contribution < -0.4 is 10.2 Å². The molecule has 8 heteroatoms. The predicted octanol–water partition coefficient (Wildman–Crippen LogP) is 3.73. The third kappa shape index (κ3) is 3.50. The Balaban J connectivity index is 1.56. The SMILES string of the molecule is O=C(Nc1cc(Cl)ccc1-n1cccn1)c1ccc(N2CCOC2=O)cc1. The lowest BCUT2D eigenvalue weighted by molar-refractivity contribution is 0.102. The summed E-state index contributed by atoms with van der Waals surface area (Å²) in [4.78, 5) is 25.8. The minimum atomic E-state index is -0.380. The summed E-state index contributed by atoms with van der Waals surface area (Å²) in [7, 11) is 0. The zero-order chi connectivity index (χ0) is 18.8. The van der Waals surface area contributed by atoms with E-state index in [0.717, 1.165) is 0 Å². The van der Waals surface area contributed by atoms with Crippen molar-refractivity contribution in [1.29, 1.82) is 0 Å². The van der Waals surface area contributed by atoms with Gasteiger partial charge in [0.1, 0.15) is 6.61 Å². The van der Waals surface area contributed by atoms with Crippen LogP contribution in [0.25, 0.3) is 5.69 Å². The fraction of sp³-hybridized carbons (Fsp3) is 0.105. The van der Waals surface area contributed by atoms with E-state index in [4.69, 9.17) is 16.3 Å². The molecule has 0 spiro atoms. The number of nitrogens with one attached hydrogen (secondary N) is 1. The second-order valence-electron chi connectivity index (χ2n) is 5.88. The number of hydrogen-bond donors (Lipinski definition) is 1. The molecule has 2 amide bonds. The van der Waals surface area contributed by atoms with E-state index in [9.17, 15) is 9.59 Å². The predicted molar refractivity (Wildman–Crippen MR) is 102 cm³/mol. The molecule has 1 fully saturated rings. The third-order valence-corrected chi connectivity index (χ3v) is 4.40. The summed E-state index contributed by atoms with van der Waals surface area (Å²) < 4.78 is 6.57. The number of carbonyl (C=O) groups is 2. The summed E-state index contributed by atoms with van der Waals surface area (Å²) in [6, 6.07) is 13.7. The minimum Gasteiger partial charge on any atom is -0.447 e. The highest BCUT2D eigenvalue weighted by Crippen LogP contribution is 2.25. The molecular weight excluding hydrogens is 368 g/mol. The van der Waals surface area contributed by atoms with Gasteiger partial charge in [-0.1, -0.05) is 11.6 Å². The lowest BCUT2D eigenvalue weighted by atomic mass is 10.1. The number of hydrogen-bond acceptors (Lipinski definition) is 4. The van der Waals surface area contributed by atoms with E-state index in [-0.39, 0.29) is 12.0 Å². The number of aromatic nitrogens is 2. The van der Waals surface area contributed by atoms with Crippen molar-refractivity contribution in [2.45, 2.75) is 0 Å². The molecule has 2 heterocycles. The van der Waals surface area contributed by atoms with E-state index in [0.29, 0.717) is 40.8 Å². The molecule has 1 aliphatic heterocycles. The normalized spacial score (nSPS) is 13.5. The Morgan fingerprint density at radius 3 is 2.67 bits per heavy atom. The van der Waals surface area contributed by atoms with E-state index in [1.54, 1.807) is 65.6 Å². The molecule has 1 N–H and O–H groups in total. The fourth-order valence-electron chi connectivity index (χ4n) is 2.83. The summed E-state index contributed by atoms with van der Waals surface area (Å²) in [5.74, 6) is -0.291. The molecule has 0 saturated carbocycles. The molecule has 4 rings (SSSR count). The van der Waals surface area contributed by atoms with Crippen molar-refractivity contribution in [2.24, 2.45) is 0 Å².